The zero-order valence-corrected chi connectivity index (χ0v) is 17.2. The first-order chi connectivity index (χ1) is 13.6. The van der Waals surface area contributed by atoms with Crippen LogP contribution >= 0.6 is 0 Å². The number of hydrogen-bond acceptors (Lipinski definition) is 4. The first-order valence-corrected chi connectivity index (χ1v) is 9.89. The van der Waals surface area contributed by atoms with Gasteiger partial charge in [-0.2, -0.15) is 0 Å². The molecule has 1 aromatic carbocycles. The molecule has 1 aliphatic heterocycles. The van der Waals surface area contributed by atoms with Gasteiger partial charge in [0.2, 0.25) is 0 Å². The van der Waals surface area contributed by atoms with Crippen molar-refractivity contribution in [2.24, 2.45) is 11.3 Å². The lowest BCUT2D eigenvalue weighted by molar-refractivity contribution is -0.186. The molecule has 29 heavy (non-hydrogen) atoms. The Morgan fingerprint density at radius 2 is 1.93 bits per heavy atom. The van der Waals surface area contributed by atoms with Crippen molar-refractivity contribution in [3.05, 3.63) is 53.4 Å². The second-order valence-electron chi connectivity index (χ2n) is 8.66. The topological polar surface area (TPSA) is 66.8 Å². The minimum absolute atomic E-state index is 0.0161. The van der Waals surface area contributed by atoms with Crippen LogP contribution in [0.1, 0.15) is 43.4 Å². The molecule has 0 radical (unpaired) electrons. The maximum Gasteiger partial charge on any atom is 0.331 e. The second-order valence-corrected chi connectivity index (χ2v) is 8.66. The van der Waals surface area contributed by atoms with Gasteiger partial charge in [-0.05, 0) is 56.6 Å². The Morgan fingerprint density at radius 1 is 1.28 bits per heavy atom. The van der Waals surface area contributed by atoms with E-state index in [4.69, 9.17) is 9.84 Å². The summed E-state index contributed by atoms with van der Waals surface area (Å²) < 4.78 is 21.0. The predicted octanol–water partition coefficient (Wildman–Crippen LogP) is 3.77. The van der Waals surface area contributed by atoms with Gasteiger partial charge in [0.25, 0.3) is 0 Å². The Hall–Kier alpha value is -2.47. The smallest absolute Gasteiger partial charge is 0.331 e. The first kappa shape index (κ1) is 21.2. The molecule has 0 aromatic heterocycles. The molecule has 2 aliphatic rings. The van der Waals surface area contributed by atoms with Crippen LogP contribution in [0.25, 0.3) is 6.08 Å². The fraction of sp³-hybridized carbons (Fsp3) is 0.478. The Labute approximate surface area is 170 Å². The number of aliphatic carboxylic acids is 1. The molecule has 5 nitrogen and oxygen atoms in total. The largest absolute Gasteiger partial charge is 0.478 e. The van der Waals surface area contributed by atoms with Gasteiger partial charge in [-0.15, -0.1) is 0 Å². The van der Waals surface area contributed by atoms with E-state index in [0.717, 1.165) is 43.6 Å². The van der Waals surface area contributed by atoms with Crippen LogP contribution in [0, 0.1) is 17.2 Å². The van der Waals surface area contributed by atoms with Crippen molar-refractivity contribution in [1.82, 2.24) is 4.90 Å². The minimum Gasteiger partial charge on any atom is -0.478 e. The van der Waals surface area contributed by atoms with Gasteiger partial charge in [0.1, 0.15) is 11.4 Å². The lowest BCUT2D eigenvalue weighted by atomic mass is 9.64. The maximum absolute atomic E-state index is 14.8. The van der Waals surface area contributed by atoms with Gasteiger partial charge in [0.15, 0.2) is 0 Å². The third kappa shape index (κ3) is 3.62. The number of esters is 1. The lowest BCUT2D eigenvalue weighted by Crippen LogP contribution is -2.52. The van der Waals surface area contributed by atoms with Crippen molar-refractivity contribution < 1.29 is 23.8 Å². The highest BCUT2D eigenvalue weighted by molar-refractivity contribution is 5.91. The van der Waals surface area contributed by atoms with E-state index in [1.54, 1.807) is 12.1 Å². The third-order valence-electron chi connectivity index (χ3n) is 6.42. The average Bonchev–Trinajstić information content (AvgIpc) is 2.90. The Kier molecular flexibility index (Phi) is 5.68. The molecular weight excluding hydrogens is 373 g/mol. The Balaban J connectivity index is 2.20. The van der Waals surface area contributed by atoms with Crippen LogP contribution in [0.3, 0.4) is 0 Å². The van der Waals surface area contributed by atoms with Gasteiger partial charge in [0, 0.05) is 29.0 Å². The molecule has 0 amide bonds. The van der Waals surface area contributed by atoms with E-state index in [0.29, 0.717) is 17.5 Å². The number of piperidine rings is 1. The van der Waals surface area contributed by atoms with Crippen LogP contribution in [0.5, 0.6) is 0 Å². The molecular formula is C23H28FNO4. The fourth-order valence-electron chi connectivity index (χ4n) is 5.11. The molecule has 3 rings (SSSR count). The number of benzene rings is 1. The van der Waals surface area contributed by atoms with Gasteiger partial charge in [-0.3, -0.25) is 0 Å². The van der Waals surface area contributed by atoms with E-state index in [1.165, 1.54) is 6.07 Å². The summed E-state index contributed by atoms with van der Waals surface area (Å²) in [5, 5.41) is 8.88. The monoisotopic (exact) mass is 401 g/mol. The lowest BCUT2D eigenvalue weighted by Gasteiger charge is -2.49. The summed E-state index contributed by atoms with van der Waals surface area (Å²) in [5.41, 5.74) is 0.365. The molecule has 1 saturated heterocycles. The van der Waals surface area contributed by atoms with E-state index < -0.39 is 23.0 Å². The van der Waals surface area contributed by atoms with Crippen molar-refractivity contribution in [1.29, 1.82) is 0 Å². The van der Waals surface area contributed by atoms with Gasteiger partial charge in [0.05, 0.1) is 0 Å². The summed E-state index contributed by atoms with van der Waals surface area (Å²) in [6.07, 6.45) is 5.39. The number of fused-ring (bicyclic) bond motifs is 1. The van der Waals surface area contributed by atoms with Gasteiger partial charge in [-0.1, -0.05) is 32.6 Å². The number of halogens is 1. The summed E-state index contributed by atoms with van der Waals surface area (Å²) in [5.74, 6) is -2.28. The molecule has 156 valence electrons. The van der Waals surface area contributed by atoms with Crippen molar-refractivity contribution in [3.8, 4) is 0 Å². The number of carbonyl (C=O) groups is 2. The van der Waals surface area contributed by atoms with Crippen LogP contribution < -0.4 is 0 Å². The Morgan fingerprint density at radius 3 is 2.52 bits per heavy atom. The predicted molar refractivity (Wildman–Crippen MR) is 109 cm³/mol. The molecule has 0 bridgehead atoms. The number of hydrogen-bond donors (Lipinski definition) is 1. The number of carbonyl (C=O) groups excluding carboxylic acids is 1. The highest BCUT2D eigenvalue weighted by Gasteiger charge is 2.61. The molecule has 0 saturated carbocycles. The van der Waals surface area contributed by atoms with Crippen LogP contribution in [0.15, 0.2) is 30.9 Å². The average molecular weight is 401 g/mol. The highest BCUT2D eigenvalue weighted by atomic mass is 19.1. The molecule has 1 heterocycles. The zero-order valence-electron chi connectivity index (χ0n) is 17.2. The zero-order chi connectivity index (χ0) is 21.4. The Bertz CT molecular complexity index is 868. The number of likely N-dealkylation sites (tertiary alicyclic amines) is 1. The van der Waals surface area contributed by atoms with E-state index >= 15 is 0 Å². The van der Waals surface area contributed by atoms with Crippen molar-refractivity contribution in [2.75, 3.05) is 20.1 Å². The van der Waals surface area contributed by atoms with Crippen LogP contribution in [-0.4, -0.2) is 42.1 Å². The van der Waals surface area contributed by atoms with Gasteiger partial charge >= 0.3 is 11.9 Å². The maximum atomic E-state index is 14.8. The summed E-state index contributed by atoms with van der Waals surface area (Å²) in [6, 6.07) is 3.11. The number of carboxylic acids is 1. The quantitative estimate of drug-likeness (QED) is 0.601. The SMILES string of the molecule is C=Cc1ccc(F)c2c1C(OC(=O)C=CC(=O)O)(C1CCN(C)CC1)C(C)(C)C2. The minimum atomic E-state index is -1.22. The van der Waals surface area contributed by atoms with Crippen LogP contribution in [0.2, 0.25) is 0 Å². The third-order valence-corrected chi connectivity index (χ3v) is 6.42. The van der Waals surface area contributed by atoms with E-state index in [-0.39, 0.29) is 11.7 Å². The first-order valence-electron chi connectivity index (χ1n) is 9.89. The van der Waals surface area contributed by atoms with Crippen molar-refractivity contribution in [3.63, 3.8) is 0 Å². The molecule has 1 atom stereocenters. The van der Waals surface area contributed by atoms with Crippen molar-refractivity contribution in [2.45, 2.75) is 38.7 Å². The number of ether oxygens (including phenoxy) is 1. The van der Waals surface area contributed by atoms with E-state index in [1.807, 2.05) is 20.9 Å². The second kappa shape index (κ2) is 7.75. The molecule has 1 fully saturated rings. The molecule has 1 unspecified atom stereocenters. The molecule has 1 aliphatic carbocycles. The standard InChI is InChI=1S/C23H28FNO4/c1-5-15-6-7-18(24)17-14-22(2,3)23(21(15)17,16-10-12-25(4)13-11-16)29-20(28)9-8-19(26)27/h5-9,16H,1,10-14H2,2-4H3,(H,26,27). The molecule has 1 N–H and O–H groups in total. The van der Waals surface area contributed by atoms with Gasteiger partial charge < -0.3 is 14.7 Å². The molecule has 1 aromatic rings. The van der Waals surface area contributed by atoms with Gasteiger partial charge in [-0.25, -0.2) is 14.0 Å². The van der Waals surface area contributed by atoms with Crippen molar-refractivity contribution >= 4 is 18.0 Å². The van der Waals surface area contributed by atoms with Crippen LogP contribution in [-0.2, 0) is 26.3 Å². The van der Waals surface area contributed by atoms with E-state index in [9.17, 15) is 14.0 Å². The van der Waals surface area contributed by atoms with Crippen LogP contribution in [0.4, 0.5) is 4.39 Å². The number of nitrogens with zero attached hydrogens (tertiary/aromatic N) is 1. The number of carboxylic acid groups (broad SMARTS) is 1. The molecule has 6 heteroatoms. The summed E-state index contributed by atoms with van der Waals surface area (Å²) in [4.78, 5) is 25.8. The molecule has 0 spiro atoms. The summed E-state index contributed by atoms with van der Waals surface area (Å²) >= 11 is 0. The number of rotatable bonds is 5. The summed E-state index contributed by atoms with van der Waals surface area (Å²) in [7, 11) is 2.05. The van der Waals surface area contributed by atoms with E-state index in [2.05, 4.69) is 11.5 Å². The normalized spacial score (nSPS) is 24.4. The highest BCUT2D eigenvalue weighted by Crippen LogP contribution is 2.60. The fourth-order valence-corrected chi connectivity index (χ4v) is 5.11. The summed E-state index contributed by atoms with van der Waals surface area (Å²) in [6.45, 7) is 9.56.